The van der Waals surface area contributed by atoms with Gasteiger partial charge in [0, 0.05) is 42.5 Å². The first-order chi connectivity index (χ1) is 13.5. The lowest BCUT2D eigenvalue weighted by atomic mass is 10.2. The predicted octanol–water partition coefficient (Wildman–Crippen LogP) is 2.03. The first-order valence-corrected chi connectivity index (χ1v) is 10.0. The number of halogens is 1. The summed E-state index contributed by atoms with van der Waals surface area (Å²) < 4.78 is 0.958. The van der Waals surface area contributed by atoms with E-state index in [4.69, 9.17) is 0 Å². The van der Waals surface area contributed by atoms with E-state index in [1.807, 2.05) is 43.3 Å². The van der Waals surface area contributed by atoms with Gasteiger partial charge in [-0.1, -0.05) is 22.0 Å². The minimum Gasteiger partial charge on any atom is -0.354 e. The Bertz CT molecular complexity index is 823. The van der Waals surface area contributed by atoms with Crippen molar-refractivity contribution < 1.29 is 9.59 Å². The Balaban J connectivity index is 1.38. The van der Waals surface area contributed by atoms with E-state index >= 15 is 0 Å². The third-order valence-electron chi connectivity index (χ3n) is 4.62. The summed E-state index contributed by atoms with van der Waals surface area (Å²) in [4.78, 5) is 32.9. The van der Waals surface area contributed by atoms with Crippen LogP contribution in [0.15, 0.2) is 47.1 Å². The zero-order chi connectivity index (χ0) is 19.9. The van der Waals surface area contributed by atoms with Crippen molar-refractivity contribution in [3.8, 4) is 0 Å². The van der Waals surface area contributed by atoms with Crippen LogP contribution >= 0.6 is 15.9 Å². The Hall–Kier alpha value is -2.45. The van der Waals surface area contributed by atoms with Crippen molar-refractivity contribution in [3.05, 3.63) is 52.6 Å². The van der Waals surface area contributed by atoms with Crippen molar-refractivity contribution in [2.75, 3.05) is 49.5 Å². The molecule has 2 aromatic rings. The molecule has 28 heavy (non-hydrogen) atoms. The molecule has 1 aliphatic rings. The summed E-state index contributed by atoms with van der Waals surface area (Å²) in [6.45, 7) is 5.40. The van der Waals surface area contributed by atoms with Gasteiger partial charge >= 0.3 is 0 Å². The van der Waals surface area contributed by atoms with E-state index in [-0.39, 0.29) is 18.4 Å². The van der Waals surface area contributed by atoms with Gasteiger partial charge in [0.25, 0.3) is 0 Å². The Morgan fingerprint density at radius 1 is 1.11 bits per heavy atom. The van der Waals surface area contributed by atoms with Gasteiger partial charge in [0.15, 0.2) is 0 Å². The van der Waals surface area contributed by atoms with Gasteiger partial charge in [0.1, 0.15) is 5.82 Å². The molecule has 8 heteroatoms. The van der Waals surface area contributed by atoms with Crippen LogP contribution < -0.4 is 15.5 Å². The molecule has 1 aromatic heterocycles. The Morgan fingerprint density at radius 2 is 1.89 bits per heavy atom. The van der Waals surface area contributed by atoms with E-state index in [2.05, 4.69) is 41.3 Å². The average Bonchev–Trinajstić information content (AvgIpc) is 2.70. The summed E-state index contributed by atoms with van der Waals surface area (Å²) in [5, 5.41) is 5.51. The largest absolute Gasteiger partial charge is 0.354 e. The molecule has 0 bridgehead atoms. The van der Waals surface area contributed by atoms with Crippen molar-refractivity contribution in [2.24, 2.45) is 0 Å². The highest BCUT2D eigenvalue weighted by molar-refractivity contribution is 9.10. The van der Waals surface area contributed by atoms with E-state index in [1.54, 1.807) is 6.20 Å². The van der Waals surface area contributed by atoms with Gasteiger partial charge in [0.05, 0.1) is 13.1 Å². The van der Waals surface area contributed by atoms with E-state index in [9.17, 15) is 9.59 Å². The van der Waals surface area contributed by atoms with Gasteiger partial charge in [-0.25, -0.2) is 4.98 Å². The maximum atomic E-state index is 12.2. The van der Waals surface area contributed by atoms with E-state index in [0.717, 1.165) is 47.7 Å². The highest BCUT2D eigenvalue weighted by Crippen LogP contribution is 2.19. The number of rotatable bonds is 6. The number of hydrogen-bond donors (Lipinski definition) is 2. The van der Waals surface area contributed by atoms with Crippen molar-refractivity contribution in [1.82, 2.24) is 15.2 Å². The Labute approximate surface area is 173 Å². The molecule has 148 valence electrons. The lowest BCUT2D eigenvalue weighted by Gasteiger charge is -2.34. The van der Waals surface area contributed by atoms with Crippen LogP contribution in [0.2, 0.25) is 0 Å². The minimum atomic E-state index is -0.237. The van der Waals surface area contributed by atoms with Crippen LogP contribution in [0.5, 0.6) is 0 Å². The number of carbonyl (C=O) groups is 2. The Morgan fingerprint density at radius 3 is 2.57 bits per heavy atom. The SMILES string of the molecule is Cc1cc(Br)ccc1NC(=O)CNC(=O)CN1CCN(c2ccccn2)CC1. The van der Waals surface area contributed by atoms with Gasteiger partial charge in [-0.05, 0) is 42.8 Å². The summed E-state index contributed by atoms with van der Waals surface area (Å²) in [6.07, 6.45) is 1.79. The molecule has 3 rings (SSSR count). The second-order valence-electron chi connectivity index (χ2n) is 6.74. The Kier molecular flexibility index (Phi) is 7.00. The number of amides is 2. The quantitative estimate of drug-likeness (QED) is 0.710. The normalized spacial score (nSPS) is 14.6. The summed E-state index contributed by atoms with van der Waals surface area (Å²) >= 11 is 3.40. The minimum absolute atomic E-state index is 0.0394. The van der Waals surface area contributed by atoms with E-state index in [0.29, 0.717) is 6.54 Å². The number of aromatic nitrogens is 1. The van der Waals surface area contributed by atoms with Crippen LogP contribution in [0.3, 0.4) is 0 Å². The molecule has 2 amide bonds. The van der Waals surface area contributed by atoms with Crippen LogP contribution in [0, 0.1) is 6.92 Å². The molecule has 0 radical (unpaired) electrons. The standard InChI is InChI=1S/C20H24BrN5O2/c1-15-12-16(21)5-6-17(15)24-19(27)13-23-20(28)14-25-8-10-26(11-9-25)18-4-2-3-7-22-18/h2-7,12H,8-11,13-14H2,1H3,(H,23,28)(H,24,27). The molecule has 0 unspecified atom stereocenters. The smallest absolute Gasteiger partial charge is 0.243 e. The number of hydrogen-bond acceptors (Lipinski definition) is 5. The molecule has 7 nitrogen and oxygen atoms in total. The number of aryl methyl sites for hydroxylation is 1. The molecular formula is C20H24BrN5O2. The zero-order valence-corrected chi connectivity index (χ0v) is 17.4. The summed E-state index contributed by atoms with van der Waals surface area (Å²) in [6, 6.07) is 11.5. The molecule has 1 fully saturated rings. The molecule has 0 saturated carbocycles. The predicted molar refractivity (Wildman–Crippen MR) is 113 cm³/mol. The average molecular weight is 446 g/mol. The molecule has 0 aliphatic carbocycles. The molecule has 0 atom stereocenters. The molecule has 2 heterocycles. The van der Waals surface area contributed by atoms with Crippen LogP contribution in [-0.4, -0.2) is 61.0 Å². The maximum absolute atomic E-state index is 12.2. The zero-order valence-electron chi connectivity index (χ0n) is 15.8. The summed E-state index contributed by atoms with van der Waals surface area (Å²) in [5.74, 6) is 0.583. The second-order valence-corrected chi connectivity index (χ2v) is 7.65. The third kappa shape index (κ3) is 5.77. The van der Waals surface area contributed by atoms with Crippen molar-refractivity contribution in [2.45, 2.75) is 6.92 Å². The van der Waals surface area contributed by atoms with E-state index in [1.165, 1.54) is 0 Å². The number of nitrogens with zero attached hydrogens (tertiary/aromatic N) is 3. The number of piperazine rings is 1. The van der Waals surface area contributed by atoms with Gasteiger partial charge in [0.2, 0.25) is 11.8 Å². The van der Waals surface area contributed by atoms with Gasteiger partial charge in [-0.15, -0.1) is 0 Å². The second kappa shape index (κ2) is 9.66. The van der Waals surface area contributed by atoms with Gasteiger partial charge in [-0.2, -0.15) is 0 Å². The topological polar surface area (TPSA) is 77.6 Å². The first-order valence-electron chi connectivity index (χ1n) is 9.22. The molecule has 1 aliphatic heterocycles. The van der Waals surface area contributed by atoms with Crippen LogP contribution in [0.25, 0.3) is 0 Å². The van der Waals surface area contributed by atoms with Crippen LogP contribution in [0.1, 0.15) is 5.56 Å². The highest BCUT2D eigenvalue weighted by Gasteiger charge is 2.20. The number of nitrogens with one attached hydrogen (secondary N) is 2. The van der Waals surface area contributed by atoms with Crippen LogP contribution in [-0.2, 0) is 9.59 Å². The molecular weight excluding hydrogens is 422 g/mol. The molecule has 2 N–H and O–H groups in total. The molecule has 1 saturated heterocycles. The lowest BCUT2D eigenvalue weighted by molar-refractivity contribution is -0.125. The van der Waals surface area contributed by atoms with Gasteiger partial charge < -0.3 is 15.5 Å². The highest BCUT2D eigenvalue weighted by atomic mass is 79.9. The van der Waals surface area contributed by atoms with E-state index < -0.39 is 0 Å². The van der Waals surface area contributed by atoms with Crippen molar-refractivity contribution in [1.29, 1.82) is 0 Å². The third-order valence-corrected chi connectivity index (χ3v) is 5.11. The van der Waals surface area contributed by atoms with Gasteiger partial charge in [-0.3, -0.25) is 14.5 Å². The fraction of sp³-hybridized carbons (Fsp3) is 0.350. The lowest BCUT2D eigenvalue weighted by Crippen LogP contribution is -2.50. The number of pyridine rings is 1. The van der Waals surface area contributed by atoms with Crippen LogP contribution in [0.4, 0.5) is 11.5 Å². The molecule has 1 aromatic carbocycles. The maximum Gasteiger partial charge on any atom is 0.243 e. The number of anilines is 2. The fourth-order valence-electron chi connectivity index (χ4n) is 3.08. The first kappa shape index (κ1) is 20.3. The number of benzene rings is 1. The fourth-order valence-corrected chi connectivity index (χ4v) is 3.55. The summed E-state index contributed by atoms with van der Waals surface area (Å²) in [7, 11) is 0. The monoisotopic (exact) mass is 445 g/mol. The number of carbonyl (C=O) groups excluding carboxylic acids is 2. The van der Waals surface area contributed by atoms with Crippen molar-refractivity contribution in [3.63, 3.8) is 0 Å². The van der Waals surface area contributed by atoms with Crippen molar-refractivity contribution >= 4 is 39.2 Å². The summed E-state index contributed by atoms with van der Waals surface area (Å²) in [5.41, 5.74) is 1.70. The molecule has 0 spiro atoms.